The maximum Gasteiger partial charge on any atom is 0.139 e. The van der Waals surface area contributed by atoms with E-state index in [4.69, 9.17) is 4.74 Å². The molecule has 19 heavy (non-hydrogen) atoms. The third kappa shape index (κ3) is 2.13. The molecule has 0 aromatic carbocycles. The molecular formula is C12H18N4O3. The van der Waals surface area contributed by atoms with Crippen molar-refractivity contribution in [2.75, 3.05) is 11.9 Å². The number of aliphatic hydroxyl groups is 2. The molecule has 1 aromatic heterocycles. The van der Waals surface area contributed by atoms with Crippen molar-refractivity contribution in [3.05, 3.63) is 12.0 Å². The Bertz CT molecular complexity index is 487. The van der Waals surface area contributed by atoms with E-state index < -0.39 is 12.2 Å². The molecule has 3 N–H and O–H groups in total. The lowest BCUT2D eigenvalue weighted by atomic mass is 10.1. The number of nitrogens with one attached hydrogen (secondary N) is 1. The molecule has 0 radical (unpaired) electrons. The van der Waals surface area contributed by atoms with Gasteiger partial charge in [0.05, 0.1) is 31.4 Å². The van der Waals surface area contributed by atoms with E-state index in [-0.39, 0.29) is 12.3 Å². The van der Waals surface area contributed by atoms with Gasteiger partial charge in [-0.3, -0.25) is 9.56 Å². The van der Waals surface area contributed by atoms with E-state index in [2.05, 4.69) is 15.3 Å². The number of nitrogens with zero attached hydrogens (tertiary/aromatic N) is 3. The first kappa shape index (κ1) is 12.6. The zero-order valence-electron chi connectivity index (χ0n) is 10.7. The second-order valence-corrected chi connectivity index (χ2v) is 4.88. The summed E-state index contributed by atoms with van der Waals surface area (Å²) in [4.78, 5) is 8.25. The van der Waals surface area contributed by atoms with Crippen LogP contribution in [0.5, 0.6) is 0 Å². The van der Waals surface area contributed by atoms with Crippen molar-refractivity contribution in [2.24, 2.45) is 4.99 Å². The second kappa shape index (κ2) is 4.92. The molecule has 0 spiro atoms. The van der Waals surface area contributed by atoms with E-state index >= 15 is 0 Å². The number of aliphatic hydroxyl groups excluding tert-OH is 2. The van der Waals surface area contributed by atoms with E-state index in [9.17, 15) is 10.2 Å². The molecule has 3 heterocycles. The first-order valence-electron chi connectivity index (χ1n) is 6.53. The molecule has 2 unspecified atom stereocenters. The molecule has 1 fully saturated rings. The number of anilines is 1. The van der Waals surface area contributed by atoms with Crippen LogP contribution in [0.1, 0.15) is 37.8 Å². The highest BCUT2D eigenvalue weighted by Crippen LogP contribution is 2.35. The molecule has 0 bridgehead atoms. The maximum absolute atomic E-state index is 9.93. The Morgan fingerprint density at radius 3 is 3.11 bits per heavy atom. The molecule has 2 aliphatic heterocycles. The van der Waals surface area contributed by atoms with Crippen LogP contribution in [0.15, 0.2) is 11.3 Å². The lowest BCUT2D eigenvalue weighted by Crippen LogP contribution is -2.19. The minimum atomic E-state index is -0.712. The van der Waals surface area contributed by atoms with Crippen molar-refractivity contribution in [1.29, 1.82) is 0 Å². The number of aromatic nitrogens is 2. The summed E-state index contributed by atoms with van der Waals surface area (Å²) in [7, 11) is 0. The molecule has 3 rings (SSSR count). The quantitative estimate of drug-likeness (QED) is 0.722. The van der Waals surface area contributed by atoms with E-state index in [1.54, 1.807) is 12.7 Å². The number of hydrogen-bond acceptors (Lipinski definition) is 6. The minimum Gasteiger partial charge on any atom is -0.390 e. The molecule has 7 nitrogen and oxygen atoms in total. The molecule has 4 atom stereocenters. The summed E-state index contributed by atoms with van der Waals surface area (Å²) in [6.45, 7) is 2.28. The van der Waals surface area contributed by atoms with Crippen molar-refractivity contribution in [3.8, 4) is 0 Å². The zero-order valence-corrected chi connectivity index (χ0v) is 10.7. The predicted molar refractivity (Wildman–Crippen MR) is 69.0 cm³/mol. The SMILES string of the molecule is CC[C@H]1O[C@@H](n2cnc3c2NC=NCC3O)CC1O. The zero-order chi connectivity index (χ0) is 13.4. The first-order chi connectivity index (χ1) is 9.20. The largest absolute Gasteiger partial charge is 0.390 e. The van der Waals surface area contributed by atoms with Gasteiger partial charge in [0.1, 0.15) is 23.8 Å². The van der Waals surface area contributed by atoms with Crippen LogP contribution in [0.25, 0.3) is 0 Å². The van der Waals surface area contributed by atoms with Gasteiger partial charge in [0.25, 0.3) is 0 Å². The standard InChI is InChI=1S/C12H18N4O3/c1-2-9-7(17)3-10(19-9)16-6-15-11-8(18)4-13-5-14-12(11)16/h5-10,17-18H,2-4H2,1H3,(H,13,14)/t7?,8?,9-,10-/m1/s1. The Labute approximate surface area is 110 Å². The molecule has 0 saturated carbocycles. The van der Waals surface area contributed by atoms with Gasteiger partial charge in [0.15, 0.2) is 0 Å². The highest BCUT2D eigenvalue weighted by Gasteiger charge is 2.35. The molecule has 1 aromatic rings. The van der Waals surface area contributed by atoms with E-state index in [0.717, 1.165) is 6.42 Å². The van der Waals surface area contributed by atoms with Crippen molar-refractivity contribution in [1.82, 2.24) is 9.55 Å². The van der Waals surface area contributed by atoms with E-state index in [1.807, 2.05) is 11.5 Å². The van der Waals surface area contributed by atoms with Gasteiger partial charge < -0.3 is 20.3 Å². The fourth-order valence-corrected chi connectivity index (χ4v) is 2.59. The molecule has 2 aliphatic rings. The lowest BCUT2D eigenvalue weighted by molar-refractivity contribution is -0.0189. The lowest BCUT2D eigenvalue weighted by Gasteiger charge is -2.16. The average molecular weight is 266 g/mol. The van der Waals surface area contributed by atoms with Gasteiger partial charge in [-0.05, 0) is 6.42 Å². The summed E-state index contributed by atoms with van der Waals surface area (Å²) in [6.07, 6.45) is 2.90. The van der Waals surface area contributed by atoms with Crippen molar-refractivity contribution in [2.45, 2.75) is 44.3 Å². The normalized spacial score (nSPS) is 33.8. The number of hydrogen-bond donors (Lipinski definition) is 3. The van der Waals surface area contributed by atoms with Gasteiger partial charge in [0.2, 0.25) is 0 Å². The third-order valence-electron chi connectivity index (χ3n) is 3.63. The summed E-state index contributed by atoms with van der Waals surface area (Å²) in [5, 5.41) is 22.9. The highest BCUT2D eigenvalue weighted by molar-refractivity contribution is 5.76. The Morgan fingerprint density at radius 1 is 1.53 bits per heavy atom. The van der Waals surface area contributed by atoms with Gasteiger partial charge in [-0.25, -0.2) is 4.98 Å². The van der Waals surface area contributed by atoms with Crippen LogP contribution in [0.4, 0.5) is 5.82 Å². The number of rotatable bonds is 2. The predicted octanol–water partition coefficient (Wildman–Crippen LogP) is 0.429. The van der Waals surface area contributed by atoms with Gasteiger partial charge in [-0.1, -0.05) is 6.92 Å². The summed E-state index contributed by atoms with van der Waals surface area (Å²) in [6, 6.07) is 0. The van der Waals surface area contributed by atoms with E-state index in [0.29, 0.717) is 24.5 Å². The van der Waals surface area contributed by atoms with Crippen LogP contribution in [0, 0.1) is 0 Å². The average Bonchev–Trinajstić information content (AvgIpc) is 2.93. The molecule has 7 heteroatoms. The van der Waals surface area contributed by atoms with Crippen molar-refractivity contribution >= 4 is 12.2 Å². The number of fused-ring (bicyclic) bond motifs is 1. The molecule has 0 aliphatic carbocycles. The number of aliphatic imine (C=N–C) groups is 1. The Kier molecular flexibility index (Phi) is 3.26. The Balaban J connectivity index is 1.89. The Hall–Kier alpha value is -1.44. The molecule has 0 amide bonds. The molecule has 104 valence electrons. The van der Waals surface area contributed by atoms with Crippen molar-refractivity contribution in [3.63, 3.8) is 0 Å². The number of ether oxygens (including phenoxy) is 1. The third-order valence-corrected chi connectivity index (χ3v) is 3.63. The number of imidazole rings is 1. The van der Waals surface area contributed by atoms with Crippen LogP contribution in [-0.2, 0) is 4.74 Å². The summed E-state index contributed by atoms with van der Waals surface area (Å²) in [5.41, 5.74) is 0.565. The Morgan fingerprint density at radius 2 is 2.37 bits per heavy atom. The van der Waals surface area contributed by atoms with Gasteiger partial charge in [-0.15, -0.1) is 0 Å². The highest BCUT2D eigenvalue weighted by atomic mass is 16.5. The van der Waals surface area contributed by atoms with Gasteiger partial charge >= 0.3 is 0 Å². The summed E-state index contributed by atoms with van der Waals surface area (Å²) < 4.78 is 7.63. The van der Waals surface area contributed by atoms with Crippen LogP contribution >= 0.6 is 0 Å². The second-order valence-electron chi connectivity index (χ2n) is 4.88. The first-order valence-corrected chi connectivity index (χ1v) is 6.53. The van der Waals surface area contributed by atoms with Crippen LogP contribution < -0.4 is 5.32 Å². The smallest absolute Gasteiger partial charge is 0.139 e. The minimum absolute atomic E-state index is 0.146. The monoisotopic (exact) mass is 266 g/mol. The van der Waals surface area contributed by atoms with Gasteiger partial charge in [-0.2, -0.15) is 0 Å². The van der Waals surface area contributed by atoms with Crippen LogP contribution in [-0.4, -0.2) is 44.9 Å². The summed E-state index contributed by atoms with van der Waals surface area (Å²) >= 11 is 0. The van der Waals surface area contributed by atoms with Crippen molar-refractivity contribution < 1.29 is 14.9 Å². The molecule has 1 saturated heterocycles. The van der Waals surface area contributed by atoms with Crippen LogP contribution in [0.3, 0.4) is 0 Å². The fourth-order valence-electron chi connectivity index (χ4n) is 2.59. The maximum atomic E-state index is 9.93. The van der Waals surface area contributed by atoms with Gasteiger partial charge in [0, 0.05) is 6.42 Å². The summed E-state index contributed by atoms with van der Waals surface area (Å²) in [5.74, 6) is 0.683. The molecular weight excluding hydrogens is 248 g/mol. The van der Waals surface area contributed by atoms with Crippen LogP contribution in [0.2, 0.25) is 0 Å². The fraction of sp³-hybridized carbons (Fsp3) is 0.667. The topological polar surface area (TPSA) is 91.9 Å². The van der Waals surface area contributed by atoms with E-state index in [1.165, 1.54) is 0 Å².